The molecular weight excluding hydrogens is 472 g/mol. The van der Waals surface area contributed by atoms with Gasteiger partial charge in [0.25, 0.3) is 5.91 Å². The number of hydrogen-bond acceptors (Lipinski definition) is 2. The summed E-state index contributed by atoms with van der Waals surface area (Å²) in [5.74, 6) is -1.70. The van der Waals surface area contributed by atoms with Crippen molar-refractivity contribution in [2.24, 2.45) is 0 Å². The van der Waals surface area contributed by atoms with Crippen LogP contribution in [0.5, 0.6) is 0 Å². The van der Waals surface area contributed by atoms with Crippen molar-refractivity contribution < 1.29 is 18.4 Å². The highest BCUT2D eigenvalue weighted by Crippen LogP contribution is 2.19. The van der Waals surface area contributed by atoms with E-state index in [0.29, 0.717) is 25.9 Å². The Kier molecular flexibility index (Phi) is 8.67. The van der Waals surface area contributed by atoms with Gasteiger partial charge in [0.05, 0.1) is 5.56 Å². The van der Waals surface area contributed by atoms with Gasteiger partial charge in [-0.3, -0.25) is 9.59 Å². The summed E-state index contributed by atoms with van der Waals surface area (Å²) in [6.07, 6.45) is 4.07. The van der Waals surface area contributed by atoms with Gasteiger partial charge in [-0.05, 0) is 54.3 Å². The first-order chi connectivity index (χ1) is 18.0. The molecule has 3 aromatic carbocycles. The van der Waals surface area contributed by atoms with Crippen molar-refractivity contribution >= 4 is 22.7 Å². The molecule has 37 heavy (non-hydrogen) atoms. The van der Waals surface area contributed by atoms with E-state index in [9.17, 15) is 18.4 Å². The maximum absolute atomic E-state index is 14.4. The maximum atomic E-state index is 14.4. The molecule has 0 aliphatic carbocycles. The zero-order chi connectivity index (χ0) is 26.2. The monoisotopic (exact) mass is 503 g/mol. The first kappa shape index (κ1) is 26.1. The van der Waals surface area contributed by atoms with E-state index in [1.54, 1.807) is 23.1 Å². The molecule has 0 aliphatic heterocycles. The zero-order valence-electron chi connectivity index (χ0n) is 20.9. The molecule has 5 nitrogen and oxygen atoms in total. The molecule has 0 bridgehead atoms. The molecule has 0 spiro atoms. The van der Waals surface area contributed by atoms with Crippen LogP contribution in [0.25, 0.3) is 10.9 Å². The number of carbonyl (C=O) groups is 2. The zero-order valence-corrected chi connectivity index (χ0v) is 20.9. The van der Waals surface area contributed by atoms with Crippen LogP contribution in [0.4, 0.5) is 8.78 Å². The molecule has 1 heterocycles. The fourth-order valence-electron chi connectivity index (χ4n) is 4.37. The number of halogens is 2. The highest BCUT2D eigenvalue weighted by Gasteiger charge is 2.24. The Labute approximate surface area is 215 Å². The van der Waals surface area contributed by atoms with Crippen molar-refractivity contribution in [3.63, 3.8) is 0 Å². The Morgan fingerprint density at radius 3 is 2.35 bits per heavy atom. The molecule has 4 rings (SSSR count). The van der Waals surface area contributed by atoms with Gasteiger partial charge >= 0.3 is 0 Å². The van der Waals surface area contributed by atoms with Gasteiger partial charge in [0, 0.05) is 36.7 Å². The number of aromatic nitrogens is 1. The minimum atomic E-state index is -0.607. The maximum Gasteiger partial charge on any atom is 0.257 e. The molecule has 2 amide bonds. The third kappa shape index (κ3) is 6.61. The first-order valence-corrected chi connectivity index (χ1v) is 12.6. The molecular formula is C30H31F2N3O2. The second-order valence-electron chi connectivity index (χ2n) is 9.11. The van der Waals surface area contributed by atoms with Crippen LogP contribution in [0, 0.1) is 11.6 Å². The SMILES string of the molecule is CCCCN(CC(=O)N(CCc1c[nH]c2ccccc12)Cc1ccc(F)cc1)C(=O)c1ccccc1F. The summed E-state index contributed by atoms with van der Waals surface area (Å²) in [4.78, 5) is 33.1. The average molecular weight is 504 g/mol. The number of nitrogens with one attached hydrogen (secondary N) is 1. The Morgan fingerprint density at radius 2 is 1.59 bits per heavy atom. The molecule has 4 aromatic rings. The van der Waals surface area contributed by atoms with E-state index in [-0.39, 0.29) is 30.4 Å². The number of carbonyl (C=O) groups excluding carboxylic acids is 2. The number of benzene rings is 3. The van der Waals surface area contributed by atoms with Crippen molar-refractivity contribution in [1.82, 2.24) is 14.8 Å². The summed E-state index contributed by atoms with van der Waals surface area (Å²) >= 11 is 0. The van der Waals surface area contributed by atoms with E-state index in [1.165, 1.54) is 35.2 Å². The minimum absolute atomic E-state index is 0.0460. The summed E-state index contributed by atoms with van der Waals surface area (Å²) in [6, 6.07) is 19.8. The van der Waals surface area contributed by atoms with Gasteiger partial charge in [0.1, 0.15) is 18.2 Å². The lowest BCUT2D eigenvalue weighted by molar-refractivity contribution is -0.132. The van der Waals surface area contributed by atoms with Crippen LogP contribution in [0.2, 0.25) is 0 Å². The van der Waals surface area contributed by atoms with Gasteiger partial charge in [-0.2, -0.15) is 0 Å². The molecule has 0 saturated carbocycles. The van der Waals surface area contributed by atoms with Crippen LogP contribution in [-0.2, 0) is 17.8 Å². The fourth-order valence-corrected chi connectivity index (χ4v) is 4.37. The van der Waals surface area contributed by atoms with E-state index < -0.39 is 11.7 Å². The summed E-state index contributed by atoms with van der Waals surface area (Å²) in [5, 5.41) is 1.09. The quantitative estimate of drug-likeness (QED) is 0.275. The molecule has 0 fully saturated rings. The average Bonchev–Trinajstić information content (AvgIpc) is 3.33. The van der Waals surface area contributed by atoms with Gasteiger partial charge in [-0.1, -0.05) is 55.8 Å². The second-order valence-corrected chi connectivity index (χ2v) is 9.11. The van der Waals surface area contributed by atoms with E-state index >= 15 is 0 Å². The summed E-state index contributed by atoms with van der Waals surface area (Å²) in [6.45, 7) is 2.87. The molecule has 1 aromatic heterocycles. The molecule has 0 aliphatic rings. The lowest BCUT2D eigenvalue weighted by Gasteiger charge is -2.28. The largest absolute Gasteiger partial charge is 0.361 e. The number of aromatic amines is 1. The molecule has 7 heteroatoms. The predicted molar refractivity (Wildman–Crippen MR) is 141 cm³/mol. The van der Waals surface area contributed by atoms with E-state index in [2.05, 4.69) is 4.98 Å². The highest BCUT2D eigenvalue weighted by molar-refractivity contribution is 5.96. The highest BCUT2D eigenvalue weighted by atomic mass is 19.1. The number of H-pyrrole nitrogens is 1. The molecule has 192 valence electrons. The van der Waals surface area contributed by atoms with Gasteiger partial charge in [0.2, 0.25) is 5.91 Å². The van der Waals surface area contributed by atoms with Crippen LogP contribution in [0.3, 0.4) is 0 Å². The Morgan fingerprint density at radius 1 is 0.865 bits per heavy atom. The second kappa shape index (κ2) is 12.3. The number of nitrogens with zero attached hydrogens (tertiary/aromatic N) is 2. The number of rotatable bonds is 11. The number of amides is 2. The standard InChI is InChI=1S/C30H31F2N3O2/c1-2-3-17-35(30(37)26-9-4-6-10-27(26)32)21-29(36)34(20-22-12-14-24(31)15-13-22)18-16-23-19-33-28-11-7-5-8-25(23)28/h4-15,19,33H,2-3,16-18,20-21H2,1H3. The van der Waals surface area contributed by atoms with Crippen molar-refractivity contribution in [2.75, 3.05) is 19.6 Å². The summed E-state index contributed by atoms with van der Waals surface area (Å²) in [5.41, 5.74) is 2.84. The summed E-state index contributed by atoms with van der Waals surface area (Å²) < 4.78 is 27.8. The van der Waals surface area contributed by atoms with E-state index in [1.807, 2.05) is 37.4 Å². The van der Waals surface area contributed by atoms with Crippen molar-refractivity contribution in [2.45, 2.75) is 32.7 Å². The van der Waals surface area contributed by atoms with Crippen LogP contribution >= 0.6 is 0 Å². The van der Waals surface area contributed by atoms with Gasteiger partial charge in [-0.15, -0.1) is 0 Å². The smallest absolute Gasteiger partial charge is 0.257 e. The van der Waals surface area contributed by atoms with Crippen molar-refractivity contribution in [3.8, 4) is 0 Å². The molecule has 0 saturated heterocycles. The number of para-hydroxylation sites is 1. The Bertz CT molecular complexity index is 1350. The third-order valence-electron chi connectivity index (χ3n) is 6.46. The van der Waals surface area contributed by atoms with Crippen LogP contribution in [-0.4, -0.2) is 46.2 Å². The van der Waals surface area contributed by atoms with Crippen LogP contribution in [0.1, 0.15) is 41.3 Å². The van der Waals surface area contributed by atoms with Crippen molar-refractivity contribution in [1.29, 1.82) is 0 Å². The fraction of sp³-hybridized carbons (Fsp3) is 0.267. The van der Waals surface area contributed by atoms with Gasteiger partial charge < -0.3 is 14.8 Å². The van der Waals surface area contributed by atoms with E-state index in [0.717, 1.165) is 28.5 Å². The summed E-state index contributed by atoms with van der Waals surface area (Å²) in [7, 11) is 0. The van der Waals surface area contributed by atoms with Crippen LogP contribution in [0.15, 0.2) is 79.0 Å². The minimum Gasteiger partial charge on any atom is -0.361 e. The third-order valence-corrected chi connectivity index (χ3v) is 6.46. The molecule has 1 N–H and O–H groups in total. The Balaban J connectivity index is 1.55. The topological polar surface area (TPSA) is 56.4 Å². The molecule has 0 atom stereocenters. The molecule has 0 unspecified atom stereocenters. The van der Waals surface area contributed by atoms with Crippen molar-refractivity contribution in [3.05, 3.63) is 107 Å². The first-order valence-electron chi connectivity index (χ1n) is 12.6. The molecule has 0 radical (unpaired) electrons. The number of fused-ring (bicyclic) bond motifs is 1. The van der Waals surface area contributed by atoms with Gasteiger partial charge in [0.15, 0.2) is 0 Å². The van der Waals surface area contributed by atoms with Crippen LogP contribution < -0.4 is 0 Å². The lowest BCUT2D eigenvalue weighted by atomic mass is 10.1. The predicted octanol–water partition coefficient (Wildman–Crippen LogP) is 5.96. The van der Waals surface area contributed by atoms with E-state index in [4.69, 9.17) is 0 Å². The lowest BCUT2D eigenvalue weighted by Crippen LogP contribution is -2.44. The Hall–Kier alpha value is -4.00. The number of hydrogen-bond donors (Lipinski definition) is 1. The van der Waals surface area contributed by atoms with Gasteiger partial charge in [-0.25, -0.2) is 8.78 Å². The normalized spacial score (nSPS) is 11.0. The number of unbranched alkanes of at least 4 members (excludes halogenated alkanes) is 1.